The third-order valence-corrected chi connectivity index (χ3v) is 5.78. The number of carbonyl (C=O) groups excluding carboxylic acids is 1. The van der Waals surface area contributed by atoms with Crippen LogP contribution in [0, 0.1) is 0 Å². The lowest BCUT2D eigenvalue weighted by molar-refractivity contribution is 0.137. The molecule has 0 saturated heterocycles. The molecule has 0 radical (unpaired) electrons. The van der Waals surface area contributed by atoms with Crippen molar-refractivity contribution in [3.63, 3.8) is 0 Å². The highest BCUT2D eigenvalue weighted by atomic mass is 35.5. The lowest BCUT2D eigenvalue weighted by atomic mass is 10.1. The summed E-state index contributed by atoms with van der Waals surface area (Å²) in [5, 5.41) is 4.55. The van der Waals surface area contributed by atoms with Gasteiger partial charge in [0.25, 0.3) is 0 Å². The lowest BCUT2D eigenvalue weighted by Gasteiger charge is -2.14. The number of nitrogens with one attached hydrogen (secondary N) is 1. The molecule has 1 aromatic carbocycles. The van der Waals surface area contributed by atoms with Gasteiger partial charge in [-0.15, -0.1) is 0 Å². The number of halogens is 2. The fourth-order valence-electron chi connectivity index (χ4n) is 2.83. The van der Waals surface area contributed by atoms with Gasteiger partial charge in [0.1, 0.15) is 10.9 Å². The van der Waals surface area contributed by atoms with E-state index in [-0.39, 0.29) is 12.5 Å². The molecule has 1 N–H and O–H groups in total. The second-order valence-corrected chi connectivity index (χ2v) is 8.78. The Balaban J connectivity index is 2.06. The summed E-state index contributed by atoms with van der Waals surface area (Å²) in [7, 11) is 1.52. The largest absolute Gasteiger partial charge is 0.441 e. The second-order valence-electron chi connectivity index (χ2n) is 6.85. The van der Waals surface area contributed by atoms with Gasteiger partial charge in [-0.3, -0.25) is 4.98 Å². The summed E-state index contributed by atoms with van der Waals surface area (Å²) in [6.45, 7) is 4.78. The summed E-state index contributed by atoms with van der Waals surface area (Å²) in [6.07, 6.45) is 3.00. The van der Waals surface area contributed by atoms with Crippen molar-refractivity contribution in [2.75, 3.05) is 7.05 Å². The Bertz CT molecular complexity index is 1010. The number of alkyl carbamates (subject to hydrolysis) is 1. The van der Waals surface area contributed by atoms with Crippen LogP contribution in [0.4, 0.5) is 4.79 Å². The lowest BCUT2D eigenvalue weighted by Crippen LogP contribution is -2.20. The number of benzene rings is 1. The number of nitrogens with zero attached hydrogens (tertiary/aromatic N) is 3. The molecule has 0 bridgehead atoms. The maximum atomic E-state index is 11.6. The Hall–Kier alpha value is -2.22. The number of ether oxygens (including phenoxy) is 1. The van der Waals surface area contributed by atoms with Crippen molar-refractivity contribution < 1.29 is 9.53 Å². The number of aromatic nitrogens is 3. The van der Waals surface area contributed by atoms with Gasteiger partial charge in [0.2, 0.25) is 0 Å². The molecule has 0 aliphatic carbocycles. The van der Waals surface area contributed by atoms with Gasteiger partial charge in [0.15, 0.2) is 6.61 Å². The fourth-order valence-corrected chi connectivity index (χ4v) is 4.75. The molecular weight excluding hydrogens is 443 g/mol. The fraction of sp³-hybridized carbons (Fsp3) is 0.286. The molecule has 0 aliphatic heterocycles. The van der Waals surface area contributed by atoms with E-state index in [1.54, 1.807) is 18.5 Å². The van der Waals surface area contributed by atoms with Crippen LogP contribution in [0.3, 0.4) is 0 Å². The van der Waals surface area contributed by atoms with Gasteiger partial charge in [-0.1, -0.05) is 48.8 Å². The highest BCUT2D eigenvalue weighted by Gasteiger charge is 2.22. The van der Waals surface area contributed by atoms with Gasteiger partial charge in [-0.25, -0.2) is 9.78 Å². The summed E-state index contributed by atoms with van der Waals surface area (Å²) in [5.41, 5.74) is 1.98. The normalized spacial score (nSPS) is 11.0. The van der Waals surface area contributed by atoms with Crippen molar-refractivity contribution in [1.29, 1.82) is 0 Å². The molecule has 0 unspecified atom stereocenters. The number of carbonyl (C=O) groups is 1. The van der Waals surface area contributed by atoms with Gasteiger partial charge < -0.3 is 14.6 Å². The monoisotopic (exact) mass is 464 g/mol. The average Bonchev–Trinajstić information content (AvgIpc) is 3.03. The maximum Gasteiger partial charge on any atom is 0.407 e. The molecule has 158 valence electrons. The van der Waals surface area contributed by atoms with E-state index in [4.69, 9.17) is 32.9 Å². The molecule has 9 heteroatoms. The molecular formula is C21H22Cl2N4O2S. The summed E-state index contributed by atoms with van der Waals surface area (Å²) in [6, 6.07) is 9.33. The highest BCUT2D eigenvalue weighted by molar-refractivity contribution is 7.99. The minimum Gasteiger partial charge on any atom is -0.441 e. The zero-order valence-electron chi connectivity index (χ0n) is 16.9. The molecule has 3 aromatic rings. The third-order valence-electron chi connectivity index (χ3n) is 4.25. The Morgan fingerprint density at radius 2 is 1.87 bits per heavy atom. The second kappa shape index (κ2) is 10.2. The van der Waals surface area contributed by atoms with Crippen LogP contribution < -0.4 is 5.32 Å². The quantitative estimate of drug-likeness (QED) is 0.480. The Labute approximate surface area is 190 Å². The SMILES string of the molecule is CNC(=O)OCc1nc(C(C)C)c(Sc2cc(Cl)cc(Cl)c2)n1Cc1ccncc1. The highest BCUT2D eigenvalue weighted by Crippen LogP contribution is 2.37. The van der Waals surface area contributed by atoms with E-state index in [9.17, 15) is 4.79 Å². The van der Waals surface area contributed by atoms with Crippen molar-refractivity contribution in [2.45, 2.75) is 42.8 Å². The zero-order chi connectivity index (χ0) is 21.7. The van der Waals surface area contributed by atoms with E-state index < -0.39 is 6.09 Å². The minimum absolute atomic E-state index is 0.0569. The topological polar surface area (TPSA) is 69.0 Å². The summed E-state index contributed by atoms with van der Waals surface area (Å²) in [5.74, 6) is 0.828. The maximum absolute atomic E-state index is 11.6. The van der Waals surface area contributed by atoms with Crippen molar-refractivity contribution in [3.8, 4) is 0 Å². The zero-order valence-corrected chi connectivity index (χ0v) is 19.2. The number of hydrogen-bond acceptors (Lipinski definition) is 5. The molecule has 1 amide bonds. The number of imidazole rings is 1. The van der Waals surface area contributed by atoms with Crippen LogP contribution in [0.2, 0.25) is 10.0 Å². The van der Waals surface area contributed by atoms with Gasteiger partial charge in [0.05, 0.1) is 12.2 Å². The van der Waals surface area contributed by atoms with Crippen LogP contribution in [-0.4, -0.2) is 27.7 Å². The van der Waals surface area contributed by atoms with Crippen LogP contribution in [0.15, 0.2) is 52.6 Å². The van der Waals surface area contributed by atoms with Gasteiger partial charge in [0, 0.05) is 34.4 Å². The molecule has 3 rings (SSSR count). The first-order valence-corrected chi connectivity index (χ1v) is 10.9. The van der Waals surface area contributed by atoms with Gasteiger partial charge >= 0.3 is 6.09 Å². The van der Waals surface area contributed by atoms with Crippen LogP contribution in [-0.2, 0) is 17.9 Å². The molecule has 30 heavy (non-hydrogen) atoms. The Kier molecular flexibility index (Phi) is 7.64. The van der Waals surface area contributed by atoms with Crippen LogP contribution in [0.5, 0.6) is 0 Å². The van der Waals surface area contributed by atoms with E-state index in [0.29, 0.717) is 22.4 Å². The summed E-state index contributed by atoms with van der Waals surface area (Å²) in [4.78, 5) is 21.4. The van der Waals surface area contributed by atoms with E-state index >= 15 is 0 Å². The van der Waals surface area contributed by atoms with Crippen molar-refractivity contribution >= 4 is 41.1 Å². The first-order chi connectivity index (χ1) is 14.4. The van der Waals surface area contributed by atoms with Crippen LogP contribution in [0.1, 0.15) is 36.8 Å². The molecule has 6 nitrogen and oxygen atoms in total. The smallest absolute Gasteiger partial charge is 0.407 e. The Morgan fingerprint density at radius 1 is 1.20 bits per heavy atom. The molecule has 0 spiro atoms. The molecule has 2 aromatic heterocycles. The third kappa shape index (κ3) is 5.68. The van der Waals surface area contributed by atoms with Crippen LogP contribution >= 0.6 is 35.0 Å². The van der Waals surface area contributed by atoms with Crippen LogP contribution in [0.25, 0.3) is 0 Å². The van der Waals surface area contributed by atoms with E-state index in [0.717, 1.165) is 21.2 Å². The predicted molar refractivity (Wildman–Crippen MR) is 119 cm³/mol. The Morgan fingerprint density at radius 3 is 2.47 bits per heavy atom. The van der Waals surface area contributed by atoms with Crippen molar-refractivity contribution in [1.82, 2.24) is 19.9 Å². The predicted octanol–water partition coefficient (Wildman–Crippen LogP) is 5.76. The van der Waals surface area contributed by atoms with Crippen molar-refractivity contribution in [3.05, 3.63) is 69.9 Å². The molecule has 0 aliphatic rings. The summed E-state index contributed by atoms with van der Waals surface area (Å²) >= 11 is 13.9. The first kappa shape index (κ1) is 22.5. The van der Waals surface area contributed by atoms with Gasteiger partial charge in [-0.2, -0.15) is 0 Å². The summed E-state index contributed by atoms with van der Waals surface area (Å²) < 4.78 is 7.36. The van der Waals surface area contributed by atoms with E-state index in [1.807, 2.05) is 24.3 Å². The number of rotatable bonds is 7. The molecule has 0 atom stereocenters. The molecule has 0 fully saturated rings. The first-order valence-electron chi connectivity index (χ1n) is 9.34. The van der Waals surface area contributed by atoms with E-state index in [2.05, 4.69) is 28.7 Å². The van der Waals surface area contributed by atoms with E-state index in [1.165, 1.54) is 18.8 Å². The van der Waals surface area contributed by atoms with Crippen molar-refractivity contribution in [2.24, 2.45) is 0 Å². The standard InChI is InChI=1S/C21H22Cl2N4O2S/c1-13(2)19-20(30-17-9-15(22)8-16(23)10-17)27(11-14-4-6-25-7-5-14)18(26-19)12-29-21(28)24-3/h4-10,13H,11-12H2,1-3H3,(H,24,28). The minimum atomic E-state index is -0.504. The molecule has 2 heterocycles. The number of hydrogen-bond donors (Lipinski definition) is 1. The molecule has 0 saturated carbocycles. The van der Waals surface area contributed by atoms with Gasteiger partial charge in [-0.05, 0) is 41.8 Å². The number of pyridine rings is 1. The average molecular weight is 465 g/mol. The number of amides is 1.